The van der Waals surface area contributed by atoms with Crippen molar-refractivity contribution in [3.8, 4) is 5.75 Å². The topological polar surface area (TPSA) is 61.9 Å². The molecule has 1 fully saturated rings. The van der Waals surface area contributed by atoms with Crippen LogP contribution in [0, 0.1) is 6.92 Å². The number of ether oxygens (including phenoxy) is 1. The lowest BCUT2D eigenvalue weighted by molar-refractivity contribution is -0.139. The van der Waals surface area contributed by atoms with E-state index in [2.05, 4.69) is 37.1 Å². The highest BCUT2D eigenvalue weighted by Gasteiger charge is 2.27. The van der Waals surface area contributed by atoms with Crippen LogP contribution >= 0.6 is 0 Å². The molecule has 1 aromatic rings. The molecule has 1 heterocycles. The number of aryl methyl sites for hydroxylation is 1. The molecule has 0 saturated carbocycles. The zero-order chi connectivity index (χ0) is 21.6. The molecule has 0 aromatic heterocycles. The van der Waals surface area contributed by atoms with Crippen LogP contribution in [0.25, 0.3) is 0 Å². The number of nitrogens with zero attached hydrogens (tertiary/aromatic N) is 2. The SMILES string of the molecule is CCC(C)NC(=O)CN1CCN(C(=O)C(C)Oc2cc(C(C)C)ccc2C)CC1. The highest BCUT2D eigenvalue weighted by molar-refractivity contribution is 5.81. The standard InChI is InChI=1S/C23H37N3O3/c1-7-18(5)24-22(27)15-25-10-12-26(13-11-25)23(28)19(6)29-21-14-20(16(2)3)9-8-17(21)4/h8-9,14,16,18-19H,7,10-13,15H2,1-6H3,(H,24,27). The maximum Gasteiger partial charge on any atom is 0.263 e. The fourth-order valence-corrected chi connectivity index (χ4v) is 3.35. The number of hydrogen-bond acceptors (Lipinski definition) is 4. The summed E-state index contributed by atoms with van der Waals surface area (Å²) in [6, 6.07) is 6.39. The Balaban J connectivity index is 1.86. The molecule has 6 nitrogen and oxygen atoms in total. The molecule has 1 aliphatic heterocycles. The lowest BCUT2D eigenvalue weighted by Crippen LogP contribution is -2.53. The van der Waals surface area contributed by atoms with Crippen molar-refractivity contribution in [3.05, 3.63) is 29.3 Å². The first-order valence-electron chi connectivity index (χ1n) is 10.8. The van der Waals surface area contributed by atoms with Crippen LogP contribution in [0.2, 0.25) is 0 Å². The summed E-state index contributed by atoms with van der Waals surface area (Å²) in [6.45, 7) is 15.2. The predicted octanol–water partition coefficient (Wildman–Crippen LogP) is 2.94. The second-order valence-corrected chi connectivity index (χ2v) is 8.42. The predicted molar refractivity (Wildman–Crippen MR) is 116 cm³/mol. The van der Waals surface area contributed by atoms with Crippen molar-refractivity contribution in [2.75, 3.05) is 32.7 Å². The molecule has 1 aromatic carbocycles. The molecule has 2 unspecified atom stereocenters. The average molecular weight is 404 g/mol. The van der Waals surface area contributed by atoms with Gasteiger partial charge in [-0.25, -0.2) is 0 Å². The van der Waals surface area contributed by atoms with Gasteiger partial charge in [-0.3, -0.25) is 14.5 Å². The van der Waals surface area contributed by atoms with Crippen LogP contribution in [-0.2, 0) is 9.59 Å². The molecular formula is C23H37N3O3. The third-order valence-electron chi connectivity index (χ3n) is 5.60. The number of amides is 2. The molecule has 0 aliphatic carbocycles. The molecule has 1 aliphatic rings. The maximum atomic E-state index is 12.8. The number of benzene rings is 1. The Hall–Kier alpha value is -2.08. The number of nitrogens with one attached hydrogen (secondary N) is 1. The van der Waals surface area contributed by atoms with Crippen LogP contribution in [0.15, 0.2) is 18.2 Å². The highest BCUT2D eigenvalue weighted by atomic mass is 16.5. The van der Waals surface area contributed by atoms with Crippen molar-refractivity contribution >= 4 is 11.8 Å². The van der Waals surface area contributed by atoms with Gasteiger partial charge in [0, 0.05) is 32.2 Å². The van der Waals surface area contributed by atoms with Crippen molar-refractivity contribution in [1.82, 2.24) is 15.1 Å². The molecule has 2 rings (SSSR count). The summed E-state index contributed by atoms with van der Waals surface area (Å²) < 4.78 is 6.03. The Morgan fingerprint density at radius 3 is 2.34 bits per heavy atom. The summed E-state index contributed by atoms with van der Waals surface area (Å²) in [7, 11) is 0. The zero-order valence-corrected chi connectivity index (χ0v) is 18.8. The van der Waals surface area contributed by atoms with E-state index < -0.39 is 6.10 Å². The first kappa shape index (κ1) is 23.2. The van der Waals surface area contributed by atoms with Crippen LogP contribution in [0.4, 0.5) is 0 Å². The van der Waals surface area contributed by atoms with Gasteiger partial charge in [0.2, 0.25) is 5.91 Å². The Bertz CT molecular complexity index is 697. The third-order valence-corrected chi connectivity index (χ3v) is 5.60. The summed E-state index contributed by atoms with van der Waals surface area (Å²) in [4.78, 5) is 28.9. The Kier molecular flexibility index (Phi) is 8.50. The normalized spacial score (nSPS) is 17.1. The van der Waals surface area contributed by atoms with E-state index in [1.807, 2.05) is 37.8 Å². The summed E-state index contributed by atoms with van der Waals surface area (Å²) in [5.41, 5.74) is 2.24. The number of rotatable bonds is 8. The van der Waals surface area contributed by atoms with Gasteiger partial charge in [-0.05, 0) is 50.3 Å². The van der Waals surface area contributed by atoms with E-state index in [4.69, 9.17) is 4.74 Å². The Labute approximate surface area is 175 Å². The molecule has 0 radical (unpaired) electrons. The second-order valence-electron chi connectivity index (χ2n) is 8.42. The molecule has 2 atom stereocenters. The van der Waals surface area contributed by atoms with Gasteiger partial charge in [-0.15, -0.1) is 0 Å². The van der Waals surface area contributed by atoms with Crippen LogP contribution in [-0.4, -0.2) is 66.5 Å². The fraction of sp³-hybridized carbons (Fsp3) is 0.652. The molecule has 0 bridgehead atoms. The molecule has 0 spiro atoms. The molecule has 29 heavy (non-hydrogen) atoms. The Morgan fingerprint density at radius 1 is 1.10 bits per heavy atom. The van der Waals surface area contributed by atoms with Crippen molar-refractivity contribution in [2.45, 2.75) is 66.0 Å². The van der Waals surface area contributed by atoms with E-state index in [9.17, 15) is 9.59 Å². The molecule has 2 amide bonds. The third kappa shape index (κ3) is 6.74. The van der Waals surface area contributed by atoms with Crippen molar-refractivity contribution < 1.29 is 14.3 Å². The van der Waals surface area contributed by atoms with Gasteiger partial charge in [0.1, 0.15) is 5.75 Å². The number of hydrogen-bond donors (Lipinski definition) is 1. The van der Waals surface area contributed by atoms with E-state index in [0.29, 0.717) is 38.6 Å². The van der Waals surface area contributed by atoms with Crippen LogP contribution in [0.1, 0.15) is 58.1 Å². The zero-order valence-electron chi connectivity index (χ0n) is 18.8. The molecule has 6 heteroatoms. The van der Waals surface area contributed by atoms with E-state index >= 15 is 0 Å². The minimum atomic E-state index is -0.531. The first-order valence-corrected chi connectivity index (χ1v) is 10.8. The molecule has 1 saturated heterocycles. The average Bonchev–Trinajstić information content (AvgIpc) is 2.69. The summed E-state index contributed by atoms with van der Waals surface area (Å²) in [6.07, 6.45) is 0.391. The highest BCUT2D eigenvalue weighted by Crippen LogP contribution is 2.25. The second kappa shape index (κ2) is 10.6. The van der Waals surface area contributed by atoms with Gasteiger partial charge in [0.25, 0.3) is 5.91 Å². The minimum absolute atomic E-state index is 0.00283. The van der Waals surface area contributed by atoms with Crippen molar-refractivity contribution in [3.63, 3.8) is 0 Å². The van der Waals surface area contributed by atoms with E-state index in [-0.39, 0.29) is 17.9 Å². The molecular weight excluding hydrogens is 366 g/mol. The minimum Gasteiger partial charge on any atom is -0.481 e. The van der Waals surface area contributed by atoms with Gasteiger partial charge in [-0.2, -0.15) is 0 Å². The summed E-state index contributed by atoms with van der Waals surface area (Å²) >= 11 is 0. The largest absolute Gasteiger partial charge is 0.481 e. The van der Waals surface area contributed by atoms with Crippen molar-refractivity contribution in [2.24, 2.45) is 0 Å². The van der Waals surface area contributed by atoms with Crippen LogP contribution < -0.4 is 10.1 Å². The van der Waals surface area contributed by atoms with Gasteiger partial charge >= 0.3 is 0 Å². The van der Waals surface area contributed by atoms with Gasteiger partial charge < -0.3 is 15.0 Å². The molecule has 1 N–H and O–H groups in total. The fourth-order valence-electron chi connectivity index (χ4n) is 3.35. The summed E-state index contributed by atoms with van der Waals surface area (Å²) in [5.74, 6) is 1.24. The summed E-state index contributed by atoms with van der Waals surface area (Å²) in [5, 5.41) is 2.99. The maximum absolute atomic E-state index is 12.8. The first-order chi connectivity index (χ1) is 13.7. The lowest BCUT2D eigenvalue weighted by Gasteiger charge is -2.35. The van der Waals surface area contributed by atoms with Crippen molar-refractivity contribution in [1.29, 1.82) is 0 Å². The van der Waals surface area contributed by atoms with E-state index in [1.165, 1.54) is 5.56 Å². The van der Waals surface area contributed by atoms with E-state index in [0.717, 1.165) is 17.7 Å². The van der Waals surface area contributed by atoms with Crippen LogP contribution in [0.5, 0.6) is 5.75 Å². The Morgan fingerprint density at radius 2 is 1.76 bits per heavy atom. The number of carbonyl (C=O) groups is 2. The smallest absolute Gasteiger partial charge is 0.263 e. The number of carbonyl (C=O) groups excluding carboxylic acids is 2. The van der Waals surface area contributed by atoms with Crippen LogP contribution in [0.3, 0.4) is 0 Å². The van der Waals surface area contributed by atoms with Gasteiger partial charge in [0.15, 0.2) is 6.10 Å². The molecule has 162 valence electrons. The number of piperazine rings is 1. The quantitative estimate of drug-likeness (QED) is 0.725. The van der Waals surface area contributed by atoms with Gasteiger partial charge in [0.05, 0.1) is 6.54 Å². The van der Waals surface area contributed by atoms with Gasteiger partial charge in [-0.1, -0.05) is 32.9 Å². The monoisotopic (exact) mass is 403 g/mol. The van der Waals surface area contributed by atoms with E-state index in [1.54, 1.807) is 0 Å². The lowest BCUT2D eigenvalue weighted by atomic mass is 10.0.